The van der Waals surface area contributed by atoms with Gasteiger partial charge in [-0.2, -0.15) is 5.26 Å². The SMILES string of the molecule is CC(C)(C)c1ccc(O)c(-c2nc3c(-c4[c-]c(-c5nccc(C#N)c5-c5ccccc5)ccc4)cccc3n2-c2ccccc2)c1.[Pt]. The third kappa shape index (κ3) is 5.89. The van der Waals surface area contributed by atoms with E-state index in [0.29, 0.717) is 22.6 Å². The number of aromatic nitrogens is 3. The maximum atomic E-state index is 11.2. The molecule has 2 aromatic heterocycles. The van der Waals surface area contributed by atoms with Crippen LogP contribution in [0.3, 0.4) is 0 Å². The van der Waals surface area contributed by atoms with Gasteiger partial charge in [0.25, 0.3) is 0 Å². The van der Waals surface area contributed by atoms with Crippen molar-refractivity contribution in [2.45, 2.75) is 26.2 Å². The van der Waals surface area contributed by atoms with Gasteiger partial charge >= 0.3 is 0 Å². The van der Waals surface area contributed by atoms with E-state index in [1.54, 1.807) is 18.3 Å². The van der Waals surface area contributed by atoms with E-state index in [9.17, 15) is 10.4 Å². The maximum absolute atomic E-state index is 11.2. The van der Waals surface area contributed by atoms with Gasteiger partial charge in [0.1, 0.15) is 11.6 Å². The van der Waals surface area contributed by atoms with E-state index < -0.39 is 0 Å². The van der Waals surface area contributed by atoms with Crippen molar-refractivity contribution in [3.05, 3.63) is 145 Å². The van der Waals surface area contributed by atoms with Crippen LogP contribution in [-0.4, -0.2) is 19.6 Å². The molecule has 0 atom stereocenters. The number of para-hydroxylation sites is 2. The second-order valence-electron chi connectivity index (χ2n) is 12.3. The van der Waals surface area contributed by atoms with Gasteiger partial charge in [0, 0.05) is 38.6 Å². The van der Waals surface area contributed by atoms with E-state index in [0.717, 1.165) is 50.1 Å². The van der Waals surface area contributed by atoms with Gasteiger partial charge in [0.05, 0.1) is 28.2 Å². The number of phenolic OH excluding ortho intramolecular Hbond substituents is 1. The average molecular weight is 791 g/mol. The van der Waals surface area contributed by atoms with Gasteiger partial charge in [0.2, 0.25) is 0 Å². The number of aromatic hydroxyl groups is 1. The minimum atomic E-state index is -0.109. The summed E-state index contributed by atoms with van der Waals surface area (Å²) in [5, 5.41) is 21.2. The van der Waals surface area contributed by atoms with Crippen LogP contribution >= 0.6 is 0 Å². The molecule has 0 radical (unpaired) electrons. The number of hydrogen-bond donors (Lipinski definition) is 1. The molecule has 5 nitrogen and oxygen atoms in total. The molecule has 6 heteroatoms. The summed E-state index contributed by atoms with van der Waals surface area (Å²) in [5.74, 6) is 0.829. The molecule has 0 aliphatic carbocycles. The van der Waals surface area contributed by atoms with Crippen molar-refractivity contribution in [2.75, 3.05) is 0 Å². The molecule has 1 N–H and O–H groups in total. The van der Waals surface area contributed by atoms with Crippen LogP contribution in [0.4, 0.5) is 0 Å². The maximum Gasteiger partial charge on any atom is 0.148 e. The first-order valence-electron chi connectivity index (χ1n) is 15.2. The molecule has 2 heterocycles. The van der Waals surface area contributed by atoms with Gasteiger partial charge in [0.15, 0.2) is 0 Å². The Morgan fingerprint density at radius 2 is 1.47 bits per heavy atom. The van der Waals surface area contributed by atoms with E-state index >= 15 is 0 Å². The summed E-state index contributed by atoms with van der Waals surface area (Å²) in [6.45, 7) is 6.48. The van der Waals surface area contributed by atoms with Crippen molar-refractivity contribution in [2.24, 2.45) is 0 Å². The quantitative estimate of drug-likeness (QED) is 0.176. The van der Waals surface area contributed by atoms with Gasteiger partial charge in [-0.3, -0.25) is 9.55 Å². The molecule has 0 aliphatic rings. The zero-order chi connectivity index (χ0) is 31.8. The van der Waals surface area contributed by atoms with Crippen molar-refractivity contribution in [3.8, 4) is 62.4 Å². The summed E-state index contributed by atoms with van der Waals surface area (Å²) in [6.07, 6.45) is 1.67. The number of phenols is 1. The van der Waals surface area contributed by atoms with E-state index in [4.69, 9.17) is 9.97 Å². The first-order valence-corrected chi connectivity index (χ1v) is 15.2. The van der Waals surface area contributed by atoms with Crippen LogP contribution in [0, 0.1) is 17.4 Å². The Hall–Kier alpha value is -5.30. The number of nitriles is 1. The standard InChI is InChI=1S/C41H31N4O.Pt/c1-41(2,3)31-20-21-36(46)34(25-31)40-44-39-33(18-11-19-35(39)45(40)32-16-8-5-9-17-32)28-14-10-15-29(24-28)38-37(27-12-6-4-7-13-27)30(26-42)22-23-43-38;/h4-23,25,46H,1-3H3;/q-1;. The fraction of sp³-hybridized carbons (Fsp3) is 0.0976. The van der Waals surface area contributed by atoms with E-state index in [-0.39, 0.29) is 32.2 Å². The van der Waals surface area contributed by atoms with Crippen molar-refractivity contribution >= 4 is 11.0 Å². The van der Waals surface area contributed by atoms with Crippen LogP contribution in [-0.2, 0) is 26.5 Å². The number of rotatable bonds is 5. The predicted molar refractivity (Wildman–Crippen MR) is 185 cm³/mol. The molecular weight excluding hydrogens is 760 g/mol. The predicted octanol–water partition coefficient (Wildman–Crippen LogP) is 9.76. The Morgan fingerprint density at radius 3 is 2.19 bits per heavy atom. The summed E-state index contributed by atoms with van der Waals surface area (Å²) in [5.41, 5.74) is 9.79. The van der Waals surface area contributed by atoms with Gasteiger partial charge in [-0.1, -0.05) is 98.6 Å². The zero-order valence-electron chi connectivity index (χ0n) is 26.2. The van der Waals surface area contributed by atoms with Crippen LogP contribution in [0.1, 0.15) is 31.9 Å². The number of imidazole rings is 1. The minimum Gasteiger partial charge on any atom is -0.507 e. The number of pyridine rings is 1. The Kier molecular flexibility index (Phi) is 8.65. The Bertz CT molecular complexity index is 2260. The molecule has 5 aromatic carbocycles. The largest absolute Gasteiger partial charge is 0.507 e. The average Bonchev–Trinajstić information content (AvgIpc) is 3.48. The molecule has 0 unspecified atom stereocenters. The summed E-state index contributed by atoms with van der Waals surface area (Å²) >= 11 is 0. The van der Waals surface area contributed by atoms with Crippen LogP contribution in [0.2, 0.25) is 0 Å². The summed E-state index contributed by atoms with van der Waals surface area (Å²) in [7, 11) is 0. The molecule has 0 saturated carbocycles. The molecule has 0 bridgehead atoms. The van der Waals surface area contributed by atoms with Crippen molar-refractivity contribution < 1.29 is 26.2 Å². The van der Waals surface area contributed by atoms with Gasteiger partial charge in [-0.15, -0.1) is 29.8 Å². The van der Waals surface area contributed by atoms with E-state index in [2.05, 4.69) is 43.5 Å². The molecular formula is C41H31N4OPt-. The molecule has 0 amide bonds. The van der Waals surface area contributed by atoms with Crippen LogP contribution in [0.5, 0.6) is 5.75 Å². The Balaban J connectivity index is 0.00000386. The fourth-order valence-electron chi connectivity index (χ4n) is 5.94. The second-order valence-corrected chi connectivity index (χ2v) is 12.3. The van der Waals surface area contributed by atoms with Crippen LogP contribution in [0.15, 0.2) is 128 Å². The third-order valence-electron chi connectivity index (χ3n) is 8.28. The van der Waals surface area contributed by atoms with Crippen molar-refractivity contribution in [3.63, 3.8) is 0 Å². The van der Waals surface area contributed by atoms with E-state index in [1.807, 2.05) is 103 Å². The third-order valence-corrected chi connectivity index (χ3v) is 8.28. The molecule has 0 fully saturated rings. The number of hydrogen-bond acceptors (Lipinski definition) is 4. The van der Waals surface area contributed by atoms with Crippen molar-refractivity contribution in [1.29, 1.82) is 5.26 Å². The topological polar surface area (TPSA) is 74.7 Å². The monoisotopic (exact) mass is 790 g/mol. The molecule has 0 spiro atoms. The smallest absolute Gasteiger partial charge is 0.148 e. The molecule has 47 heavy (non-hydrogen) atoms. The van der Waals surface area contributed by atoms with Crippen molar-refractivity contribution in [1.82, 2.24) is 14.5 Å². The summed E-state index contributed by atoms with van der Waals surface area (Å²) in [4.78, 5) is 9.98. The second kappa shape index (κ2) is 12.8. The minimum absolute atomic E-state index is 0. The first kappa shape index (κ1) is 31.7. The molecule has 232 valence electrons. The Morgan fingerprint density at radius 1 is 0.766 bits per heavy atom. The van der Waals surface area contributed by atoms with Gasteiger partial charge < -0.3 is 5.11 Å². The fourth-order valence-corrected chi connectivity index (χ4v) is 5.94. The molecule has 0 saturated heterocycles. The van der Waals surface area contributed by atoms with Gasteiger partial charge in [-0.25, -0.2) is 4.98 Å². The molecule has 7 rings (SSSR count). The van der Waals surface area contributed by atoms with Crippen LogP contribution in [0.25, 0.3) is 61.6 Å². The molecule has 7 aromatic rings. The van der Waals surface area contributed by atoms with Gasteiger partial charge in [-0.05, 0) is 58.5 Å². The number of fused-ring (bicyclic) bond motifs is 1. The summed E-state index contributed by atoms with van der Waals surface area (Å²) in [6, 6.07) is 45.6. The van der Waals surface area contributed by atoms with E-state index in [1.165, 1.54) is 0 Å². The number of nitrogens with zero attached hydrogens (tertiary/aromatic N) is 4. The molecule has 0 aliphatic heterocycles. The van der Waals surface area contributed by atoms with Crippen LogP contribution < -0.4 is 0 Å². The normalized spacial score (nSPS) is 11.2. The Labute approximate surface area is 289 Å². The first-order chi connectivity index (χ1) is 22.3. The number of benzene rings is 5. The zero-order valence-corrected chi connectivity index (χ0v) is 28.4. The summed E-state index contributed by atoms with van der Waals surface area (Å²) < 4.78 is 2.11.